The third kappa shape index (κ3) is 7.83. The minimum Gasteiger partial charge on any atom is -0.404 e. The third-order valence-electron chi connectivity index (χ3n) is 4.06. The summed E-state index contributed by atoms with van der Waals surface area (Å²) in [5.74, 6) is 0.937. The van der Waals surface area contributed by atoms with Gasteiger partial charge in [0.05, 0.1) is 13.2 Å². The van der Waals surface area contributed by atoms with Crippen LogP contribution in [0.25, 0.3) is 0 Å². The molecular formula is C19H33O4P. The molecule has 0 aliphatic carbocycles. The van der Waals surface area contributed by atoms with Crippen LogP contribution in [0.2, 0.25) is 0 Å². The lowest BCUT2D eigenvalue weighted by atomic mass is 10.0. The maximum Gasteiger partial charge on any atom is 0.530 e. The predicted molar refractivity (Wildman–Crippen MR) is 99.5 cm³/mol. The molecule has 0 N–H and O–H groups in total. The first-order valence-electron chi connectivity index (χ1n) is 9.19. The van der Waals surface area contributed by atoms with E-state index in [9.17, 15) is 4.57 Å². The zero-order valence-electron chi connectivity index (χ0n) is 15.6. The summed E-state index contributed by atoms with van der Waals surface area (Å²) in [6.07, 6.45) is 6.18. The van der Waals surface area contributed by atoms with Crippen molar-refractivity contribution in [3.63, 3.8) is 0 Å². The maximum atomic E-state index is 13.0. The van der Waals surface area contributed by atoms with Crippen molar-refractivity contribution < 1.29 is 18.1 Å². The Morgan fingerprint density at radius 1 is 1.04 bits per heavy atom. The molecule has 0 heterocycles. The number of aryl methyl sites for hydroxylation is 1. The van der Waals surface area contributed by atoms with Crippen molar-refractivity contribution in [3.8, 4) is 5.75 Å². The van der Waals surface area contributed by atoms with Crippen LogP contribution in [-0.4, -0.2) is 13.2 Å². The van der Waals surface area contributed by atoms with Crippen LogP contribution in [0.5, 0.6) is 5.75 Å². The van der Waals surface area contributed by atoms with E-state index in [1.165, 1.54) is 0 Å². The van der Waals surface area contributed by atoms with Gasteiger partial charge in [0, 0.05) is 0 Å². The van der Waals surface area contributed by atoms with E-state index in [0.29, 0.717) is 24.9 Å². The fourth-order valence-corrected chi connectivity index (χ4v) is 3.66. The Hall–Kier alpha value is -0.830. The summed E-state index contributed by atoms with van der Waals surface area (Å²) >= 11 is 0. The third-order valence-corrected chi connectivity index (χ3v) is 5.45. The number of benzene rings is 1. The van der Waals surface area contributed by atoms with Crippen LogP contribution < -0.4 is 4.52 Å². The Kier molecular flexibility index (Phi) is 10.3. The molecule has 5 heteroatoms. The average Bonchev–Trinajstić information content (AvgIpc) is 2.57. The molecule has 138 valence electrons. The summed E-state index contributed by atoms with van der Waals surface area (Å²) in [4.78, 5) is 0. The molecule has 0 saturated heterocycles. The highest BCUT2D eigenvalue weighted by atomic mass is 31.2. The van der Waals surface area contributed by atoms with Gasteiger partial charge in [0.1, 0.15) is 5.75 Å². The summed E-state index contributed by atoms with van der Waals surface area (Å²) in [6, 6.07) is 7.49. The van der Waals surface area contributed by atoms with E-state index in [2.05, 4.69) is 20.8 Å². The highest BCUT2D eigenvalue weighted by Crippen LogP contribution is 2.50. The van der Waals surface area contributed by atoms with Gasteiger partial charge in [-0.15, -0.1) is 0 Å². The first-order valence-corrected chi connectivity index (χ1v) is 10.6. The molecule has 1 aromatic rings. The highest BCUT2D eigenvalue weighted by molar-refractivity contribution is 7.48. The normalized spacial score (nSPS) is 15.0. The molecule has 0 aliphatic rings. The molecule has 4 nitrogen and oxygen atoms in total. The standard InChI is InChI=1S/C19H33O4P/c1-5-8-13-18(7-3)16-22-24(20,21-15-9-6-2)23-19-14-11-10-12-17(19)4/h10-12,14,18H,5-9,13,15-16H2,1-4H3. The number of phosphoric ester groups is 1. The van der Waals surface area contributed by atoms with Crippen LogP contribution in [0.4, 0.5) is 0 Å². The van der Waals surface area contributed by atoms with E-state index < -0.39 is 7.82 Å². The molecule has 0 spiro atoms. The average molecular weight is 356 g/mol. The Bertz CT molecular complexity index is 504. The lowest BCUT2D eigenvalue weighted by molar-refractivity contribution is 0.131. The molecule has 0 amide bonds. The number of rotatable bonds is 13. The van der Waals surface area contributed by atoms with E-state index in [0.717, 1.165) is 44.1 Å². The summed E-state index contributed by atoms with van der Waals surface area (Å²) in [5, 5.41) is 0. The van der Waals surface area contributed by atoms with Gasteiger partial charge >= 0.3 is 7.82 Å². The van der Waals surface area contributed by atoms with Crippen LogP contribution in [0.3, 0.4) is 0 Å². The lowest BCUT2D eigenvalue weighted by Crippen LogP contribution is -2.12. The topological polar surface area (TPSA) is 44.8 Å². The summed E-state index contributed by atoms with van der Waals surface area (Å²) < 4.78 is 30.0. The summed E-state index contributed by atoms with van der Waals surface area (Å²) in [5.41, 5.74) is 0.915. The number of hydrogen-bond acceptors (Lipinski definition) is 4. The van der Waals surface area contributed by atoms with Gasteiger partial charge in [0.25, 0.3) is 0 Å². The SMILES string of the molecule is CCCCOP(=O)(OCC(CC)CCCC)Oc1ccccc1C. The molecule has 2 unspecified atom stereocenters. The summed E-state index contributed by atoms with van der Waals surface area (Å²) in [6.45, 7) is 9.08. The Morgan fingerprint density at radius 2 is 1.75 bits per heavy atom. The van der Waals surface area contributed by atoms with Crippen LogP contribution in [-0.2, 0) is 13.6 Å². The van der Waals surface area contributed by atoms with Gasteiger partial charge < -0.3 is 4.52 Å². The van der Waals surface area contributed by atoms with Crippen LogP contribution >= 0.6 is 7.82 Å². The van der Waals surface area contributed by atoms with E-state index in [1.807, 2.05) is 25.1 Å². The molecule has 0 bridgehead atoms. The highest BCUT2D eigenvalue weighted by Gasteiger charge is 2.30. The van der Waals surface area contributed by atoms with E-state index in [-0.39, 0.29) is 0 Å². The van der Waals surface area contributed by atoms with Crippen molar-refractivity contribution in [1.82, 2.24) is 0 Å². The van der Waals surface area contributed by atoms with Crippen molar-refractivity contribution in [3.05, 3.63) is 29.8 Å². The number of para-hydroxylation sites is 1. The molecule has 0 saturated carbocycles. The second-order valence-corrected chi connectivity index (χ2v) is 7.80. The molecule has 0 fully saturated rings. The van der Waals surface area contributed by atoms with Crippen LogP contribution in [0.15, 0.2) is 24.3 Å². The van der Waals surface area contributed by atoms with E-state index in [4.69, 9.17) is 13.6 Å². The molecule has 0 radical (unpaired) electrons. The second-order valence-electron chi connectivity index (χ2n) is 6.20. The number of unbranched alkanes of at least 4 members (excludes halogenated alkanes) is 2. The first kappa shape index (κ1) is 21.2. The quantitative estimate of drug-likeness (QED) is 0.298. The smallest absolute Gasteiger partial charge is 0.404 e. The van der Waals surface area contributed by atoms with Gasteiger partial charge in [-0.3, -0.25) is 9.05 Å². The van der Waals surface area contributed by atoms with E-state index >= 15 is 0 Å². The van der Waals surface area contributed by atoms with Crippen LogP contribution in [0, 0.1) is 12.8 Å². The Morgan fingerprint density at radius 3 is 2.38 bits per heavy atom. The number of hydrogen-bond donors (Lipinski definition) is 0. The van der Waals surface area contributed by atoms with Crippen molar-refractivity contribution in [1.29, 1.82) is 0 Å². The molecule has 0 aliphatic heterocycles. The van der Waals surface area contributed by atoms with Crippen molar-refractivity contribution >= 4 is 7.82 Å². The van der Waals surface area contributed by atoms with Crippen molar-refractivity contribution in [2.45, 2.75) is 66.2 Å². The van der Waals surface area contributed by atoms with Gasteiger partial charge in [-0.05, 0) is 37.3 Å². The van der Waals surface area contributed by atoms with Gasteiger partial charge in [-0.2, -0.15) is 0 Å². The maximum absolute atomic E-state index is 13.0. The van der Waals surface area contributed by atoms with Crippen LogP contribution in [0.1, 0.15) is 64.9 Å². The molecule has 24 heavy (non-hydrogen) atoms. The lowest BCUT2D eigenvalue weighted by Gasteiger charge is -2.22. The van der Waals surface area contributed by atoms with Gasteiger partial charge in [-0.1, -0.05) is 64.7 Å². The fourth-order valence-electron chi connectivity index (χ4n) is 2.28. The largest absolute Gasteiger partial charge is 0.530 e. The van der Waals surface area contributed by atoms with Crippen molar-refractivity contribution in [2.75, 3.05) is 13.2 Å². The zero-order valence-corrected chi connectivity index (χ0v) is 16.5. The van der Waals surface area contributed by atoms with Gasteiger partial charge in [0.15, 0.2) is 0 Å². The molecular weight excluding hydrogens is 323 g/mol. The minimum atomic E-state index is -3.60. The monoisotopic (exact) mass is 356 g/mol. The Balaban J connectivity index is 2.74. The zero-order chi connectivity index (χ0) is 17.8. The molecule has 1 rings (SSSR count). The second kappa shape index (κ2) is 11.7. The summed E-state index contributed by atoms with van der Waals surface area (Å²) in [7, 11) is -3.60. The molecule has 2 atom stereocenters. The first-order chi connectivity index (χ1) is 11.5. The Labute approximate surface area is 147 Å². The number of phosphoric acid groups is 1. The molecule has 1 aromatic carbocycles. The van der Waals surface area contributed by atoms with Gasteiger partial charge in [-0.25, -0.2) is 4.57 Å². The fraction of sp³-hybridized carbons (Fsp3) is 0.684. The predicted octanol–water partition coefficient (Wildman–Crippen LogP) is 6.53. The van der Waals surface area contributed by atoms with Crippen molar-refractivity contribution in [2.24, 2.45) is 5.92 Å². The van der Waals surface area contributed by atoms with E-state index in [1.54, 1.807) is 6.07 Å². The minimum absolute atomic E-state index is 0.380. The molecule has 0 aromatic heterocycles. The van der Waals surface area contributed by atoms with Gasteiger partial charge in [0.2, 0.25) is 0 Å².